The van der Waals surface area contributed by atoms with Crippen LogP contribution in [0, 0.1) is 5.92 Å². The Morgan fingerprint density at radius 2 is 2.40 bits per heavy atom. The lowest BCUT2D eigenvalue weighted by Gasteiger charge is -2.06. The molecule has 0 aromatic carbocycles. The van der Waals surface area contributed by atoms with Crippen molar-refractivity contribution >= 4 is 0 Å². The second-order valence-corrected chi connectivity index (χ2v) is 4.41. The minimum absolute atomic E-state index is 0.769. The van der Waals surface area contributed by atoms with Crippen LogP contribution in [0.3, 0.4) is 0 Å². The fourth-order valence-corrected chi connectivity index (χ4v) is 2.22. The van der Waals surface area contributed by atoms with Crippen molar-refractivity contribution in [3.63, 3.8) is 0 Å². The molecule has 1 aliphatic carbocycles. The first-order valence-electron chi connectivity index (χ1n) is 6.09. The monoisotopic (exact) mass is 207 g/mol. The van der Waals surface area contributed by atoms with Crippen LogP contribution in [0.2, 0.25) is 0 Å². The summed E-state index contributed by atoms with van der Waals surface area (Å²) in [4.78, 5) is 0. The van der Waals surface area contributed by atoms with E-state index in [1.165, 1.54) is 25.0 Å². The van der Waals surface area contributed by atoms with E-state index in [0.717, 1.165) is 25.0 Å². The van der Waals surface area contributed by atoms with Gasteiger partial charge in [0.2, 0.25) is 0 Å². The number of nitrogens with zero attached hydrogens (tertiary/aromatic N) is 2. The zero-order valence-corrected chi connectivity index (χ0v) is 9.74. The molecule has 2 atom stereocenters. The Hall–Kier alpha value is -0.830. The first-order valence-corrected chi connectivity index (χ1v) is 6.09. The van der Waals surface area contributed by atoms with E-state index in [0.29, 0.717) is 0 Å². The molecule has 0 radical (unpaired) electrons. The van der Waals surface area contributed by atoms with E-state index < -0.39 is 0 Å². The van der Waals surface area contributed by atoms with Crippen molar-refractivity contribution < 1.29 is 0 Å². The molecule has 0 amide bonds. The molecule has 15 heavy (non-hydrogen) atoms. The lowest BCUT2D eigenvalue weighted by atomic mass is 10.2. The predicted octanol–water partition coefficient (Wildman–Crippen LogP) is 2.18. The third-order valence-electron chi connectivity index (χ3n) is 3.23. The standard InChI is InChI=1S/C12H21N3/c1-3-5-10-8-12(10)13-9-11-6-7-14-15(11)4-2/h6-7,10,12-13H,3-5,8-9H2,1-2H3. The van der Waals surface area contributed by atoms with Crippen LogP contribution in [0.5, 0.6) is 0 Å². The Bertz CT molecular complexity index is 306. The molecule has 84 valence electrons. The van der Waals surface area contributed by atoms with Crippen LogP contribution in [0.15, 0.2) is 12.3 Å². The smallest absolute Gasteiger partial charge is 0.0522 e. The topological polar surface area (TPSA) is 29.9 Å². The zero-order valence-electron chi connectivity index (χ0n) is 9.74. The summed E-state index contributed by atoms with van der Waals surface area (Å²) in [5, 5.41) is 7.87. The van der Waals surface area contributed by atoms with Gasteiger partial charge in [0.1, 0.15) is 0 Å². The second kappa shape index (κ2) is 4.79. The van der Waals surface area contributed by atoms with Gasteiger partial charge in [-0.3, -0.25) is 4.68 Å². The Kier molecular flexibility index (Phi) is 3.41. The number of rotatable bonds is 6. The quantitative estimate of drug-likeness (QED) is 0.775. The highest BCUT2D eigenvalue weighted by Crippen LogP contribution is 2.34. The summed E-state index contributed by atoms with van der Waals surface area (Å²) in [5.74, 6) is 0.938. The number of hydrogen-bond acceptors (Lipinski definition) is 2. The Balaban J connectivity index is 1.75. The molecule has 2 rings (SSSR count). The van der Waals surface area contributed by atoms with E-state index in [-0.39, 0.29) is 0 Å². The molecule has 1 fully saturated rings. The summed E-state index contributed by atoms with van der Waals surface area (Å²) in [6.45, 7) is 6.33. The van der Waals surface area contributed by atoms with Gasteiger partial charge in [0.15, 0.2) is 0 Å². The van der Waals surface area contributed by atoms with Gasteiger partial charge in [-0.05, 0) is 31.7 Å². The lowest BCUT2D eigenvalue weighted by molar-refractivity contribution is 0.555. The maximum Gasteiger partial charge on any atom is 0.0522 e. The molecule has 2 unspecified atom stereocenters. The molecular weight excluding hydrogens is 186 g/mol. The Morgan fingerprint density at radius 3 is 3.13 bits per heavy atom. The Labute approximate surface area is 91.9 Å². The fraction of sp³-hybridized carbons (Fsp3) is 0.750. The average Bonchev–Trinajstić information content (AvgIpc) is 2.82. The van der Waals surface area contributed by atoms with Crippen molar-refractivity contribution in [1.29, 1.82) is 0 Å². The molecule has 3 heteroatoms. The number of aromatic nitrogens is 2. The van der Waals surface area contributed by atoms with Crippen LogP contribution < -0.4 is 5.32 Å². The van der Waals surface area contributed by atoms with Gasteiger partial charge in [0.05, 0.1) is 5.69 Å². The largest absolute Gasteiger partial charge is 0.308 e. The summed E-state index contributed by atoms with van der Waals surface area (Å²) < 4.78 is 2.06. The van der Waals surface area contributed by atoms with E-state index in [2.05, 4.69) is 35.0 Å². The molecule has 0 aliphatic heterocycles. The van der Waals surface area contributed by atoms with Crippen LogP contribution >= 0.6 is 0 Å². The van der Waals surface area contributed by atoms with Crippen molar-refractivity contribution in [2.24, 2.45) is 5.92 Å². The van der Waals surface area contributed by atoms with Gasteiger partial charge in [-0.1, -0.05) is 13.3 Å². The molecule has 1 aliphatic rings. The molecule has 1 saturated carbocycles. The SMILES string of the molecule is CCCC1CC1NCc1ccnn1CC. The number of hydrogen-bond donors (Lipinski definition) is 1. The molecule has 0 spiro atoms. The van der Waals surface area contributed by atoms with Gasteiger partial charge in [0.25, 0.3) is 0 Å². The molecule has 3 nitrogen and oxygen atoms in total. The van der Waals surface area contributed by atoms with Crippen LogP contribution in [-0.2, 0) is 13.1 Å². The minimum Gasteiger partial charge on any atom is -0.308 e. The lowest BCUT2D eigenvalue weighted by Crippen LogP contribution is -2.20. The molecule has 1 N–H and O–H groups in total. The number of nitrogens with one attached hydrogen (secondary N) is 1. The Morgan fingerprint density at radius 1 is 1.53 bits per heavy atom. The van der Waals surface area contributed by atoms with Crippen molar-refractivity contribution in [3.05, 3.63) is 18.0 Å². The van der Waals surface area contributed by atoms with E-state index in [1.807, 2.05) is 6.20 Å². The minimum atomic E-state index is 0.769. The van der Waals surface area contributed by atoms with Gasteiger partial charge in [-0.25, -0.2) is 0 Å². The second-order valence-electron chi connectivity index (χ2n) is 4.41. The van der Waals surface area contributed by atoms with E-state index >= 15 is 0 Å². The third-order valence-corrected chi connectivity index (χ3v) is 3.23. The fourth-order valence-electron chi connectivity index (χ4n) is 2.22. The van der Waals surface area contributed by atoms with Crippen LogP contribution in [0.4, 0.5) is 0 Å². The van der Waals surface area contributed by atoms with Crippen LogP contribution in [0.25, 0.3) is 0 Å². The highest BCUT2D eigenvalue weighted by atomic mass is 15.3. The molecular formula is C12H21N3. The van der Waals surface area contributed by atoms with Crippen LogP contribution in [0.1, 0.15) is 38.8 Å². The average molecular weight is 207 g/mol. The van der Waals surface area contributed by atoms with E-state index in [4.69, 9.17) is 0 Å². The summed E-state index contributed by atoms with van der Waals surface area (Å²) in [7, 11) is 0. The third kappa shape index (κ3) is 2.59. The maximum absolute atomic E-state index is 4.27. The molecule has 0 bridgehead atoms. The summed E-state index contributed by atoms with van der Waals surface area (Å²) in [6.07, 6.45) is 5.95. The van der Waals surface area contributed by atoms with E-state index in [1.54, 1.807) is 0 Å². The summed E-state index contributed by atoms with van der Waals surface area (Å²) >= 11 is 0. The molecule has 0 saturated heterocycles. The normalized spacial score (nSPS) is 24.4. The van der Waals surface area contributed by atoms with Gasteiger partial charge in [-0.2, -0.15) is 5.10 Å². The zero-order chi connectivity index (χ0) is 10.7. The summed E-state index contributed by atoms with van der Waals surface area (Å²) in [6, 6.07) is 2.87. The summed E-state index contributed by atoms with van der Waals surface area (Å²) in [5.41, 5.74) is 1.31. The van der Waals surface area contributed by atoms with Crippen molar-refractivity contribution in [2.75, 3.05) is 0 Å². The van der Waals surface area contributed by atoms with Crippen LogP contribution in [-0.4, -0.2) is 15.8 Å². The van der Waals surface area contributed by atoms with Gasteiger partial charge in [0, 0.05) is 25.3 Å². The van der Waals surface area contributed by atoms with Crippen molar-refractivity contribution in [1.82, 2.24) is 15.1 Å². The van der Waals surface area contributed by atoms with Crippen molar-refractivity contribution in [3.8, 4) is 0 Å². The van der Waals surface area contributed by atoms with Crippen molar-refractivity contribution in [2.45, 2.75) is 52.2 Å². The van der Waals surface area contributed by atoms with Gasteiger partial charge < -0.3 is 5.32 Å². The maximum atomic E-state index is 4.27. The van der Waals surface area contributed by atoms with Gasteiger partial charge in [-0.15, -0.1) is 0 Å². The molecule has 1 aromatic heterocycles. The number of aryl methyl sites for hydroxylation is 1. The predicted molar refractivity (Wildman–Crippen MR) is 61.5 cm³/mol. The first kappa shape index (κ1) is 10.7. The molecule has 1 aromatic rings. The van der Waals surface area contributed by atoms with E-state index in [9.17, 15) is 0 Å². The highest BCUT2D eigenvalue weighted by Gasteiger charge is 2.35. The molecule has 1 heterocycles. The van der Waals surface area contributed by atoms with Gasteiger partial charge >= 0.3 is 0 Å². The first-order chi connectivity index (χ1) is 7.35. The highest BCUT2D eigenvalue weighted by molar-refractivity contribution is 5.02.